The zero-order valence-electron chi connectivity index (χ0n) is 16.9. The third kappa shape index (κ3) is 3.36. The number of hydrogen-bond acceptors (Lipinski definition) is 4. The van der Waals surface area contributed by atoms with E-state index in [-0.39, 0.29) is 24.2 Å². The Morgan fingerprint density at radius 1 is 1.10 bits per heavy atom. The van der Waals surface area contributed by atoms with Gasteiger partial charge in [0.15, 0.2) is 0 Å². The number of rotatable bonds is 3. The lowest BCUT2D eigenvalue weighted by atomic mass is 9.72. The number of pyridine rings is 1. The number of carbonyl (C=O) groups is 1. The molecule has 2 aromatic rings. The molecule has 2 aliphatic heterocycles. The molecule has 3 aliphatic rings. The van der Waals surface area contributed by atoms with E-state index < -0.39 is 0 Å². The van der Waals surface area contributed by atoms with Gasteiger partial charge >= 0.3 is 6.03 Å². The van der Waals surface area contributed by atoms with Gasteiger partial charge in [-0.3, -0.25) is 10.4 Å². The Morgan fingerprint density at radius 2 is 1.93 bits per heavy atom. The Labute approximate surface area is 171 Å². The smallest absolute Gasteiger partial charge is 0.262 e. The number of hydrazine groups is 1. The maximum atomic E-state index is 12.8. The molecule has 1 aromatic heterocycles. The second kappa shape index (κ2) is 7.35. The van der Waals surface area contributed by atoms with Crippen LogP contribution in [0.3, 0.4) is 0 Å². The minimum Gasteiger partial charge on any atom is -0.262 e. The Bertz CT molecular complexity index is 943. The lowest BCUT2D eigenvalue weighted by molar-refractivity contribution is -0.476. The first-order chi connectivity index (χ1) is 14.1. The molecule has 6 nitrogen and oxygen atoms in total. The van der Waals surface area contributed by atoms with Crippen LogP contribution in [0.25, 0.3) is 0 Å². The summed E-state index contributed by atoms with van der Waals surface area (Å²) in [5.41, 5.74) is 10.5. The molecule has 5 rings (SSSR count). The van der Waals surface area contributed by atoms with Gasteiger partial charge in [-0.2, -0.15) is 9.37 Å². The molecule has 2 fully saturated rings. The predicted molar refractivity (Wildman–Crippen MR) is 111 cm³/mol. The molecular weight excluding hydrogens is 362 g/mol. The van der Waals surface area contributed by atoms with Crippen molar-refractivity contribution in [3.8, 4) is 0 Å². The number of urea groups is 1. The van der Waals surface area contributed by atoms with E-state index >= 15 is 0 Å². The monoisotopic (exact) mass is 390 g/mol. The molecule has 0 bridgehead atoms. The molecule has 0 spiro atoms. The molecule has 150 valence electrons. The van der Waals surface area contributed by atoms with Gasteiger partial charge < -0.3 is 0 Å². The van der Waals surface area contributed by atoms with Crippen molar-refractivity contribution in [1.82, 2.24) is 21.2 Å². The quantitative estimate of drug-likeness (QED) is 0.705. The van der Waals surface area contributed by atoms with Gasteiger partial charge in [0.1, 0.15) is 12.1 Å². The highest BCUT2D eigenvalue weighted by Crippen LogP contribution is 2.41. The van der Waals surface area contributed by atoms with Crippen LogP contribution >= 0.6 is 0 Å². The van der Waals surface area contributed by atoms with Crippen LogP contribution in [0.2, 0.25) is 0 Å². The van der Waals surface area contributed by atoms with E-state index in [0.29, 0.717) is 17.9 Å². The summed E-state index contributed by atoms with van der Waals surface area (Å²) in [5, 5.41) is 3.27. The number of hydrogen-bond donors (Lipinski definition) is 3. The lowest BCUT2D eigenvalue weighted by Crippen LogP contribution is -2.57. The summed E-state index contributed by atoms with van der Waals surface area (Å²) >= 11 is 0. The SMILES string of the molecule is Cc1cc(C2NNC3CC4NC(=O)[N+]([C@H](C)c5ccccc5)=CC4CC32)ccn1. The summed E-state index contributed by atoms with van der Waals surface area (Å²) in [7, 11) is 0. The number of amides is 2. The fourth-order valence-electron chi connectivity index (χ4n) is 5.23. The van der Waals surface area contributed by atoms with Crippen molar-refractivity contribution in [1.29, 1.82) is 0 Å². The minimum absolute atomic E-state index is 0.00770. The molecule has 29 heavy (non-hydrogen) atoms. The van der Waals surface area contributed by atoms with Crippen molar-refractivity contribution >= 4 is 12.2 Å². The topological polar surface area (TPSA) is 69.1 Å². The third-order valence-electron chi connectivity index (χ3n) is 6.81. The Morgan fingerprint density at radius 3 is 2.72 bits per heavy atom. The molecule has 1 saturated heterocycles. The van der Waals surface area contributed by atoms with Crippen molar-refractivity contribution in [3.05, 3.63) is 65.5 Å². The van der Waals surface area contributed by atoms with Crippen molar-refractivity contribution < 1.29 is 9.37 Å². The normalized spacial score (nSPS) is 32.0. The van der Waals surface area contributed by atoms with E-state index in [2.05, 4.69) is 58.6 Å². The fraction of sp³-hybridized carbons (Fsp3) is 0.435. The van der Waals surface area contributed by atoms with Gasteiger partial charge in [0.2, 0.25) is 0 Å². The van der Waals surface area contributed by atoms with E-state index in [0.717, 1.165) is 24.1 Å². The first kappa shape index (κ1) is 18.5. The lowest BCUT2D eigenvalue weighted by Gasteiger charge is -2.38. The molecule has 2 amide bonds. The molecule has 1 saturated carbocycles. The van der Waals surface area contributed by atoms with Gasteiger partial charge in [0.05, 0.1) is 18.2 Å². The maximum Gasteiger partial charge on any atom is 0.491 e. The zero-order chi connectivity index (χ0) is 20.0. The van der Waals surface area contributed by atoms with Gasteiger partial charge in [0.25, 0.3) is 0 Å². The Hall–Kier alpha value is -2.57. The van der Waals surface area contributed by atoms with Crippen molar-refractivity contribution in [2.24, 2.45) is 11.8 Å². The summed E-state index contributed by atoms with van der Waals surface area (Å²) in [6, 6.07) is 15.4. The van der Waals surface area contributed by atoms with Crippen molar-refractivity contribution in [3.63, 3.8) is 0 Å². The van der Waals surface area contributed by atoms with Gasteiger partial charge in [0, 0.05) is 24.4 Å². The van der Waals surface area contributed by atoms with Crippen LogP contribution in [0, 0.1) is 18.8 Å². The number of fused-ring (bicyclic) bond motifs is 2. The van der Waals surface area contributed by atoms with Crippen LogP contribution in [0.4, 0.5) is 4.79 Å². The highest BCUT2D eigenvalue weighted by Gasteiger charge is 2.49. The third-order valence-corrected chi connectivity index (χ3v) is 6.81. The summed E-state index contributed by atoms with van der Waals surface area (Å²) in [6.07, 6.45) is 6.06. The van der Waals surface area contributed by atoms with E-state index in [1.165, 1.54) is 5.56 Å². The van der Waals surface area contributed by atoms with Gasteiger partial charge in [-0.25, -0.2) is 10.7 Å². The number of nitrogens with one attached hydrogen (secondary N) is 3. The van der Waals surface area contributed by atoms with Gasteiger partial charge in [-0.1, -0.05) is 30.3 Å². The van der Waals surface area contributed by atoms with E-state index in [1.807, 2.05) is 35.9 Å². The molecule has 1 aromatic carbocycles. The van der Waals surface area contributed by atoms with Crippen molar-refractivity contribution in [2.75, 3.05) is 0 Å². The van der Waals surface area contributed by atoms with Crippen LogP contribution in [-0.2, 0) is 0 Å². The van der Waals surface area contributed by atoms with Crippen LogP contribution in [-0.4, -0.2) is 33.9 Å². The van der Waals surface area contributed by atoms with Gasteiger partial charge in [-0.05, 0) is 49.4 Å². The zero-order valence-corrected chi connectivity index (χ0v) is 16.9. The van der Waals surface area contributed by atoms with E-state index in [1.54, 1.807) is 0 Å². The van der Waals surface area contributed by atoms with E-state index in [4.69, 9.17) is 0 Å². The average molecular weight is 391 g/mol. The van der Waals surface area contributed by atoms with Gasteiger partial charge in [-0.15, -0.1) is 0 Å². The summed E-state index contributed by atoms with van der Waals surface area (Å²) in [5.74, 6) is 0.824. The van der Waals surface area contributed by atoms with Crippen LogP contribution in [0.1, 0.15) is 48.7 Å². The van der Waals surface area contributed by atoms with Crippen molar-refractivity contribution in [2.45, 2.75) is 50.9 Å². The molecule has 3 N–H and O–H groups in total. The molecular formula is C23H28N5O+. The largest absolute Gasteiger partial charge is 0.491 e. The molecule has 1 aliphatic carbocycles. The Kier molecular flexibility index (Phi) is 4.68. The average Bonchev–Trinajstić information content (AvgIpc) is 3.14. The first-order valence-electron chi connectivity index (χ1n) is 10.5. The number of aromatic nitrogens is 1. The van der Waals surface area contributed by atoms with E-state index in [9.17, 15) is 4.79 Å². The molecule has 6 heteroatoms. The second-order valence-corrected chi connectivity index (χ2v) is 8.60. The number of benzene rings is 1. The molecule has 5 unspecified atom stereocenters. The predicted octanol–water partition coefficient (Wildman–Crippen LogP) is 2.87. The highest BCUT2D eigenvalue weighted by atomic mass is 16.2. The maximum absolute atomic E-state index is 12.8. The Balaban J connectivity index is 1.40. The number of carbonyl (C=O) groups excluding carboxylic acids is 1. The second-order valence-electron chi connectivity index (χ2n) is 8.60. The summed E-state index contributed by atoms with van der Waals surface area (Å²) in [4.78, 5) is 17.2. The molecule has 0 radical (unpaired) electrons. The summed E-state index contributed by atoms with van der Waals surface area (Å²) in [6.45, 7) is 4.13. The number of nitrogens with zero attached hydrogens (tertiary/aromatic N) is 2. The van der Waals surface area contributed by atoms with Crippen LogP contribution in [0.15, 0.2) is 48.7 Å². The standard InChI is InChI=1S/C23H27N5O/c1-14-10-17(8-9-24-14)22-19-11-18-13-28(15(2)16-6-4-3-5-7-16)23(29)25-20(18)12-21(19)26-27-22/h3-10,13,15,18-22,26-27H,11-12H2,1-2H3/p+1/t15-,18?,19?,20?,21?,22?/m1/s1. The fourth-order valence-corrected chi connectivity index (χ4v) is 5.23. The molecule has 3 heterocycles. The molecule has 6 atom stereocenters. The first-order valence-corrected chi connectivity index (χ1v) is 10.5. The van der Waals surface area contributed by atoms with Crippen LogP contribution < -0.4 is 16.2 Å². The summed E-state index contributed by atoms with van der Waals surface area (Å²) < 4.78 is 1.89. The minimum atomic E-state index is 0.00770. The number of aryl methyl sites for hydroxylation is 1. The highest BCUT2D eigenvalue weighted by molar-refractivity contribution is 5.76. The van der Waals surface area contributed by atoms with Crippen LogP contribution in [0.5, 0.6) is 0 Å².